The molecule has 3 atom stereocenters. The van der Waals surface area contributed by atoms with E-state index in [0.717, 1.165) is 24.8 Å². The second kappa shape index (κ2) is 6.41. The quantitative estimate of drug-likeness (QED) is 0.927. The second-order valence-electron chi connectivity index (χ2n) is 5.54. The lowest BCUT2D eigenvalue weighted by Crippen LogP contribution is -2.34. The van der Waals surface area contributed by atoms with Gasteiger partial charge < -0.3 is 5.32 Å². The van der Waals surface area contributed by atoms with Crippen LogP contribution in [-0.2, 0) is 9.84 Å². The van der Waals surface area contributed by atoms with Crippen LogP contribution in [0.4, 0.5) is 0 Å². The predicted octanol–water partition coefficient (Wildman–Crippen LogP) is 2.60. The number of pyridine rings is 1. The van der Waals surface area contributed by atoms with Crippen LogP contribution in [0.2, 0.25) is 5.02 Å². The molecule has 0 aromatic carbocycles. The van der Waals surface area contributed by atoms with Crippen molar-refractivity contribution < 1.29 is 8.42 Å². The fourth-order valence-corrected chi connectivity index (χ4v) is 4.58. The molecular formula is C14H21ClN2O2S. The summed E-state index contributed by atoms with van der Waals surface area (Å²) in [5.41, 5.74) is 1.00. The third kappa shape index (κ3) is 3.51. The van der Waals surface area contributed by atoms with Gasteiger partial charge in [0, 0.05) is 24.7 Å². The van der Waals surface area contributed by atoms with Crippen molar-refractivity contribution in [2.75, 3.05) is 13.3 Å². The SMILES string of the molecule is CNC(c1ccncc1Cl)C1CCCC(S(C)(=O)=O)C1. The van der Waals surface area contributed by atoms with Crippen LogP contribution in [0.5, 0.6) is 0 Å². The van der Waals surface area contributed by atoms with Crippen molar-refractivity contribution in [3.05, 3.63) is 29.0 Å². The first kappa shape index (κ1) is 15.7. The van der Waals surface area contributed by atoms with Crippen LogP contribution < -0.4 is 5.32 Å². The molecule has 112 valence electrons. The number of nitrogens with zero attached hydrogens (tertiary/aromatic N) is 1. The van der Waals surface area contributed by atoms with Crippen molar-refractivity contribution in [1.82, 2.24) is 10.3 Å². The van der Waals surface area contributed by atoms with Gasteiger partial charge in [0.25, 0.3) is 0 Å². The number of nitrogens with one attached hydrogen (secondary N) is 1. The van der Waals surface area contributed by atoms with Crippen molar-refractivity contribution in [2.24, 2.45) is 5.92 Å². The molecule has 0 spiro atoms. The van der Waals surface area contributed by atoms with Crippen molar-refractivity contribution in [2.45, 2.75) is 37.0 Å². The van der Waals surface area contributed by atoms with E-state index in [9.17, 15) is 8.42 Å². The van der Waals surface area contributed by atoms with Gasteiger partial charge in [0.15, 0.2) is 0 Å². The Hall–Kier alpha value is -0.650. The molecule has 0 radical (unpaired) electrons. The molecule has 1 aliphatic rings. The summed E-state index contributed by atoms with van der Waals surface area (Å²) < 4.78 is 23.6. The van der Waals surface area contributed by atoms with Crippen molar-refractivity contribution in [3.8, 4) is 0 Å². The lowest BCUT2D eigenvalue weighted by atomic mass is 9.81. The number of aromatic nitrogens is 1. The van der Waals surface area contributed by atoms with Gasteiger partial charge in [-0.25, -0.2) is 8.42 Å². The Bertz CT molecular complexity index is 562. The van der Waals surface area contributed by atoms with E-state index in [0.29, 0.717) is 11.4 Å². The fourth-order valence-electron chi connectivity index (χ4n) is 3.16. The smallest absolute Gasteiger partial charge is 0.150 e. The maximum absolute atomic E-state index is 11.8. The molecule has 1 aromatic rings. The highest BCUT2D eigenvalue weighted by molar-refractivity contribution is 7.91. The number of hydrogen-bond donors (Lipinski definition) is 1. The molecular weight excluding hydrogens is 296 g/mol. The molecule has 20 heavy (non-hydrogen) atoms. The van der Waals surface area contributed by atoms with Crippen LogP contribution in [0.25, 0.3) is 0 Å². The third-order valence-electron chi connectivity index (χ3n) is 4.19. The van der Waals surface area contributed by atoms with E-state index in [-0.39, 0.29) is 17.2 Å². The predicted molar refractivity (Wildman–Crippen MR) is 81.6 cm³/mol. The van der Waals surface area contributed by atoms with E-state index in [1.54, 1.807) is 12.4 Å². The normalized spacial score (nSPS) is 25.4. The van der Waals surface area contributed by atoms with Crippen molar-refractivity contribution >= 4 is 21.4 Å². The van der Waals surface area contributed by atoms with Crippen LogP contribution in [-0.4, -0.2) is 32.0 Å². The van der Waals surface area contributed by atoms with Crippen molar-refractivity contribution in [1.29, 1.82) is 0 Å². The van der Waals surface area contributed by atoms with E-state index in [4.69, 9.17) is 11.6 Å². The van der Waals surface area contributed by atoms with Gasteiger partial charge in [-0.05, 0) is 43.9 Å². The van der Waals surface area contributed by atoms with Gasteiger partial charge in [0.05, 0.1) is 10.3 Å². The molecule has 0 amide bonds. The maximum Gasteiger partial charge on any atom is 0.150 e. The van der Waals surface area contributed by atoms with E-state index < -0.39 is 9.84 Å². The van der Waals surface area contributed by atoms with E-state index >= 15 is 0 Å². The standard InChI is InChI=1S/C14H21ClN2O2S/c1-16-14(12-6-7-17-9-13(12)15)10-4-3-5-11(8-10)20(2,18)19/h6-7,9-11,14,16H,3-5,8H2,1-2H3. The van der Waals surface area contributed by atoms with Crippen molar-refractivity contribution in [3.63, 3.8) is 0 Å². The Balaban J connectivity index is 2.22. The van der Waals surface area contributed by atoms with Gasteiger partial charge in [0.1, 0.15) is 9.84 Å². The second-order valence-corrected chi connectivity index (χ2v) is 8.27. The molecule has 4 nitrogen and oxygen atoms in total. The molecule has 0 aliphatic heterocycles. The Morgan fingerprint density at radius 1 is 1.45 bits per heavy atom. The van der Waals surface area contributed by atoms with Gasteiger partial charge in [-0.1, -0.05) is 18.0 Å². The summed E-state index contributed by atoms with van der Waals surface area (Å²) >= 11 is 6.22. The minimum atomic E-state index is -2.97. The molecule has 1 aromatic heterocycles. The zero-order valence-electron chi connectivity index (χ0n) is 11.8. The van der Waals surface area contributed by atoms with E-state index in [2.05, 4.69) is 10.3 Å². The highest BCUT2D eigenvalue weighted by atomic mass is 35.5. The minimum absolute atomic E-state index is 0.0787. The van der Waals surface area contributed by atoms with Gasteiger partial charge in [-0.3, -0.25) is 4.98 Å². The average Bonchev–Trinajstić information content (AvgIpc) is 2.41. The van der Waals surface area contributed by atoms with Gasteiger partial charge in [-0.2, -0.15) is 0 Å². The average molecular weight is 317 g/mol. The summed E-state index contributed by atoms with van der Waals surface area (Å²) in [6.07, 6.45) is 8.15. The Morgan fingerprint density at radius 3 is 2.80 bits per heavy atom. The highest BCUT2D eigenvalue weighted by Gasteiger charge is 2.33. The summed E-state index contributed by atoms with van der Waals surface area (Å²) in [5.74, 6) is 0.286. The van der Waals surface area contributed by atoms with Crippen LogP contribution in [0.15, 0.2) is 18.5 Å². The summed E-state index contributed by atoms with van der Waals surface area (Å²) in [5, 5.41) is 3.70. The molecule has 0 bridgehead atoms. The van der Waals surface area contributed by atoms with E-state index in [1.807, 2.05) is 13.1 Å². The molecule has 6 heteroatoms. The number of halogens is 1. The number of hydrogen-bond acceptors (Lipinski definition) is 4. The Morgan fingerprint density at radius 2 is 2.20 bits per heavy atom. The number of sulfone groups is 1. The molecule has 2 rings (SSSR count). The summed E-state index contributed by atoms with van der Waals surface area (Å²) in [7, 11) is -1.07. The minimum Gasteiger partial charge on any atom is -0.313 e. The third-order valence-corrected chi connectivity index (χ3v) is 6.15. The zero-order valence-corrected chi connectivity index (χ0v) is 13.4. The molecule has 3 unspecified atom stereocenters. The summed E-state index contributed by atoms with van der Waals surface area (Å²) in [6, 6.07) is 1.99. The summed E-state index contributed by atoms with van der Waals surface area (Å²) in [4.78, 5) is 4.01. The summed E-state index contributed by atoms with van der Waals surface area (Å²) in [6.45, 7) is 0. The molecule has 1 aliphatic carbocycles. The van der Waals surface area contributed by atoms with Crippen LogP contribution in [0.3, 0.4) is 0 Å². The maximum atomic E-state index is 11.8. The number of rotatable bonds is 4. The fraction of sp³-hybridized carbons (Fsp3) is 0.643. The molecule has 1 fully saturated rings. The molecule has 1 saturated carbocycles. The van der Waals surface area contributed by atoms with E-state index in [1.165, 1.54) is 6.26 Å². The largest absolute Gasteiger partial charge is 0.313 e. The van der Waals surface area contributed by atoms with Crippen LogP contribution in [0.1, 0.15) is 37.3 Å². The molecule has 1 heterocycles. The first-order valence-electron chi connectivity index (χ1n) is 6.89. The topological polar surface area (TPSA) is 59.1 Å². The first-order chi connectivity index (χ1) is 9.43. The van der Waals surface area contributed by atoms with Crippen LogP contribution >= 0.6 is 11.6 Å². The highest BCUT2D eigenvalue weighted by Crippen LogP contribution is 2.38. The van der Waals surface area contributed by atoms with Gasteiger partial charge >= 0.3 is 0 Å². The first-order valence-corrected chi connectivity index (χ1v) is 9.22. The Labute approximate surface area is 125 Å². The monoisotopic (exact) mass is 316 g/mol. The lowest BCUT2D eigenvalue weighted by Gasteiger charge is -2.34. The Kier molecular flexibility index (Phi) is 5.04. The lowest BCUT2D eigenvalue weighted by molar-refractivity contribution is 0.282. The van der Waals surface area contributed by atoms with Gasteiger partial charge in [0.2, 0.25) is 0 Å². The zero-order chi connectivity index (χ0) is 14.8. The van der Waals surface area contributed by atoms with Crippen LogP contribution in [0, 0.1) is 5.92 Å². The van der Waals surface area contributed by atoms with Gasteiger partial charge in [-0.15, -0.1) is 0 Å². The molecule has 1 N–H and O–H groups in total. The molecule has 0 saturated heterocycles.